The lowest BCUT2D eigenvalue weighted by Gasteiger charge is -2.09. The second kappa shape index (κ2) is 3.41. The smallest absolute Gasteiger partial charge is 0.398 e. The van der Waals surface area contributed by atoms with Crippen molar-refractivity contribution in [3.8, 4) is 0 Å². The maximum Gasteiger partial charge on any atom is 0.416 e. The molecule has 0 aliphatic carbocycles. The lowest BCUT2D eigenvalue weighted by Crippen LogP contribution is -2.08. The molecule has 0 amide bonds. The molecule has 0 heterocycles. The van der Waals surface area contributed by atoms with E-state index in [1.165, 1.54) is 0 Å². The van der Waals surface area contributed by atoms with Crippen molar-refractivity contribution in [1.82, 2.24) is 0 Å². The van der Waals surface area contributed by atoms with Crippen LogP contribution in [-0.4, -0.2) is 14.7 Å². The minimum Gasteiger partial charge on any atom is -0.398 e. The summed E-state index contributed by atoms with van der Waals surface area (Å²) in [6.45, 7) is 0. The van der Waals surface area contributed by atoms with Crippen molar-refractivity contribution in [2.75, 3.05) is 12.0 Å². The van der Waals surface area contributed by atoms with Crippen LogP contribution in [0.2, 0.25) is 0 Å². The first-order chi connectivity index (χ1) is 6.62. The molecular formula is C8H8F3NO2S. The van der Waals surface area contributed by atoms with Gasteiger partial charge in [-0.1, -0.05) is 0 Å². The Bertz CT molecular complexity index is 479. The van der Waals surface area contributed by atoms with E-state index in [1.807, 2.05) is 0 Å². The van der Waals surface area contributed by atoms with Crippen LogP contribution in [0.3, 0.4) is 0 Å². The third-order valence-corrected chi connectivity index (χ3v) is 2.91. The van der Waals surface area contributed by atoms with E-state index in [0.29, 0.717) is 12.1 Å². The second-order valence-electron chi connectivity index (χ2n) is 3.02. The number of alkyl halides is 3. The van der Waals surface area contributed by atoms with Gasteiger partial charge in [0.1, 0.15) is 0 Å². The maximum atomic E-state index is 12.2. The van der Waals surface area contributed by atoms with Gasteiger partial charge in [0.05, 0.1) is 16.1 Å². The van der Waals surface area contributed by atoms with Gasteiger partial charge < -0.3 is 5.73 Å². The summed E-state index contributed by atoms with van der Waals surface area (Å²) >= 11 is 0. The van der Waals surface area contributed by atoms with E-state index >= 15 is 0 Å². The molecular weight excluding hydrogens is 231 g/mol. The number of benzene rings is 1. The zero-order chi connectivity index (χ0) is 11.9. The highest BCUT2D eigenvalue weighted by Gasteiger charge is 2.31. The third kappa shape index (κ3) is 2.62. The first kappa shape index (κ1) is 11.8. The van der Waals surface area contributed by atoms with E-state index in [4.69, 9.17) is 5.73 Å². The Morgan fingerprint density at radius 3 is 2.13 bits per heavy atom. The summed E-state index contributed by atoms with van der Waals surface area (Å²) in [5.74, 6) is 0. The van der Waals surface area contributed by atoms with Gasteiger partial charge in [0, 0.05) is 6.26 Å². The Labute approximate surface area is 84.6 Å². The Morgan fingerprint density at radius 1 is 1.27 bits per heavy atom. The minimum atomic E-state index is -4.52. The molecule has 1 aromatic carbocycles. The van der Waals surface area contributed by atoms with Crippen LogP contribution in [0.1, 0.15) is 5.56 Å². The van der Waals surface area contributed by atoms with Crippen LogP contribution in [0.5, 0.6) is 0 Å². The van der Waals surface area contributed by atoms with E-state index in [1.54, 1.807) is 0 Å². The average molecular weight is 239 g/mol. The Hall–Kier alpha value is -1.24. The molecule has 2 N–H and O–H groups in total. The van der Waals surface area contributed by atoms with Gasteiger partial charge in [0.15, 0.2) is 9.84 Å². The summed E-state index contributed by atoms with van der Waals surface area (Å²) < 4.78 is 58.7. The van der Waals surface area contributed by atoms with Crippen molar-refractivity contribution in [3.05, 3.63) is 23.8 Å². The number of anilines is 1. The average Bonchev–Trinajstić information content (AvgIpc) is 1.99. The van der Waals surface area contributed by atoms with Gasteiger partial charge in [-0.25, -0.2) is 8.42 Å². The fraction of sp³-hybridized carbons (Fsp3) is 0.250. The van der Waals surface area contributed by atoms with Crippen LogP contribution in [-0.2, 0) is 16.0 Å². The monoisotopic (exact) mass is 239 g/mol. The van der Waals surface area contributed by atoms with Gasteiger partial charge >= 0.3 is 6.18 Å². The van der Waals surface area contributed by atoms with Gasteiger partial charge in [0.2, 0.25) is 0 Å². The molecule has 0 radical (unpaired) electrons. The molecule has 0 fully saturated rings. The van der Waals surface area contributed by atoms with E-state index < -0.39 is 27.3 Å². The van der Waals surface area contributed by atoms with Gasteiger partial charge in [-0.05, 0) is 18.2 Å². The molecule has 0 aliphatic rings. The van der Waals surface area contributed by atoms with Crippen LogP contribution in [0.15, 0.2) is 23.1 Å². The number of sulfone groups is 1. The zero-order valence-electron chi connectivity index (χ0n) is 7.67. The van der Waals surface area contributed by atoms with Crippen LogP contribution >= 0.6 is 0 Å². The Balaban J connectivity index is 3.34. The van der Waals surface area contributed by atoms with Crippen LogP contribution < -0.4 is 5.73 Å². The topological polar surface area (TPSA) is 60.2 Å². The van der Waals surface area contributed by atoms with Crippen LogP contribution in [0.4, 0.5) is 18.9 Å². The maximum absolute atomic E-state index is 12.2. The zero-order valence-corrected chi connectivity index (χ0v) is 8.48. The molecule has 0 saturated carbocycles. The van der Waals surface area contributed by atoms with Gasteiger partial charge in [0.25, 0.3) is 0 Å². The molecule has 0 bridgehead atoms. The van der Waals surface area contributed by atoms with Crippen molar-refractivity contribution in [2.45, 2.75) is 11.1 Å². The number of nitrogens with two attached hydrogens (primary N) is 1. The summed E-state index contributed by atoms with van der Waals surface area (Å²) in [7, 11) is -3.59. The summed E-state index contributed by atoms with van der Waals surface area (Å²) in [6.07, 6.45) is -3.64. The van der Waals surface area contributed by atoms with Gasteiger partial charge in [-0.15, -0.1) is 0 Å². The molecule has 84 valence electrons. The molecule has 0 unspecified atom stereocenters. The van der Waals surface area contributed by atoms with E-state index in [-0.39, 0.29) is 4.90 Å². The van der Waals surface area contributed by atoms with Crippen molar-refractivity contribution >= 4 is 15.5 Å². The minimum absolute atomic E-state index is 0.296. The molecule has 0 aliphatic heterocycles. The van der Waals surface area contributed by atoms with Crippen LogP contribution in [0.25, 0.3) is 0 Å². The normalized spacial score (nSPS) is 12.8. The number of rotatable bonds is 1. The van der Waals surface area contributed by atoms with E-state index in [2.05, 4.69) is 0 Å². The van der Waals surface area contributed by atoms with E-state index in [9.17, 15) is 21.6 Å². The highest BCUT2D eigenvalue weighted by atomic mass is 32.2. The molecule has 1 aromatic rings. The predicted octanol–water partition coefficient (Wildman–Crippen LogP) is 1.69. The van der Waals surface area contributed by atoms with Crippen molar-refractivity contribution in [3.63, 3.8) is 0 Å². The summed E-state index contributed by atoms with van der Waals surface area (Å²) in [5, 5.41) is 0. The number of nitrogen functional groups attached to an aromatic ring is 1. The van der Waals surface area contributed by atoms with Crippen LogP contribution in [0, 0.1) is 0 Å². The second-order valence-corrected chi connectivity index (χ2v) is 5.01. The van der Waals surface area contributed by atoms with E-state index in [0.717, 1.165) is 12.3 Å². The molecule has 0 aromatic heterocycles. The molecule has 0 spiro atoms. The summed E-state index contributed by atoms with van der Waals surface area (Å²) in [5.41, 5.74) is 3.86. The van der Waals surface area contributed by atoms with Gasteiger partial charge in [-0.2, -0.15) is 13.2 Å². The first-order valence-electron chi connectivity index (χ1n) is 3.79. The molecule has 0 atom stereocenters. The third-order valence-electron chi connectivity index (χ3n) is 1.74. The first-order valence-corrected chi connectivity index (χ1v) is 5.68. The lowest BCUT2D eigenvalue weighted by molar-refractivity contribution is -0.137. The summed E-state index contributed by atoms with van der Waals surface area (Å²) in [6, 6.07) is 2.15. The molecule has 7 heteroatoms. The Morgan fingerprint density at radius 2 is 1.80 bits per heavy atom. The highest BCUT2D eigenvalue weighted by molar-refractivity contribution is 7.90. The number of halogens is 3. The van der Waals surface area contributed by atoms with Crippen molar-refractivity contribution in [1.29, 1.82) is 0 Å². The standard InChI is InChI=1S/C8H8F3NO2S/c1-15(13,14)7-3-2-5(4-6(7)12)8(9,10)11/h2-4H,12H2,1H3. The van der Waals surface area contributed by atoms with Crippen molar-refractivity contribution in [2.24, 2.45) is 0 Å². The predicted molar refractivity (Wildman–Crippen MR) is 49.0 cm³/mol. The molecule has 3 nitrogen and oxygen atoms in total. The largest absolute Gasteiger partial charge is 0.416 e. The SMILES string of the molecule is CS(=O)(=O)c1ccc(C(F)(F)F)cc1N. The Kier molecular flexibility index (Phi) is 2.69. The molecule has 0 saturated heterocycles. The number of hydrogen-bond donors (Lipinski definition) is 1. The summed E-state index contributed by atoms with van der Waals surface area (Å²) in [4.78, 5) is -0.296. The quantitative estimate of drug-likeness (QED) is 0.758. The molecule has 1 rings (SSSR count). The molecule has 15 heavy (non-hydrogen) atoms. The fourth-order valence-electron chi connectivity index (χ4n) is 1.06. The fourth-order valence-corrected chi connectivity index (χ4v) is 1.86. The van der Waals surface area contributed by atoms with Crippen molar-refractivity contribution < 1.29 is 21.6 Å². The number of hydrogen-bond acceptors (Lipinski definition) is 3. The lowest BCUT2D eigenvalue weighted by atomic mass is 10.2. The highest BCUT2D eigenvalue weighted by Crippen LogP contribution is 2.32. The van der Waals surface area contributed by atoms with Gasteiger partial charge in [-0.3, -0.25) is 0 Å².